The highest BCUT2D eigenvalue weighted by Gasteiger charge is 2.05. The van der Waals surface area contributed by atoms with Crippen molar-refractivity contribution >= 4 is 0 Å². The molecule has 1 atom stereocenters. The molecule has 84 valence electrons. The largest absolute Gasteiger partial charge is 0.313 e. The molecule has 2 rings (SSSR count). The minimum absolute atomic E-state index is 0.372. The van der Waals surface area contributed by atoms with Crippen LogP contribution in [0.25, 0.3) is 11.1 Å². The lowest BCUT2D eigenvalue weighted by Gasteiger charge is -2.11. The Balaban J connectivity index is 2.36. The number of nitrogens with one attached hydrogen (secondary N) is 1. The Morgan fingerprint density at radius 2 is 2.12 bits per heavy atom. The molecule has 1 heterocycles. The first kappa shape index (κ1) is 10.9. The van der Waals surface area contributed by atoms with Gasteiger partial charge < -0.3 is 5.32 Å². The minimum Gasteiger partial charge on any atom is -0.313 e. The molecule has 0 amide bonds. The molecule has 2 aromatic rings. The van der Waals surface area contributed by atoms with Gasteiger partial charge in [0.25, 0.3) is 0 Å². The zero-order valence-corrected chi connectivity index (χ0v) is 9.94. The number of aromatic nitrogens is 2. The maximum Gasteiger partial charge on any atom is 0.0568 e. The van der Waals surface area contributed by atoms with Crippen LogP contribution in [-0.2, 0) is 7.05 Å². The van der Waals surface area contributed by atoms with Crippen molar-refractivity contribution in [1.82, 2.24) is 15.1 Å². The van der Waals surface area contributed by atoms with E-state index < -0.39 is 0 Å². The monoisotopic (exact) mass is 215 g/mol. The number of benzene rings is 1. The van der Waals surface area contributed by atoms with Crippen LogP contribution in [0, 0.1) is 0 Å². The van der Waals surface area contributed by atoms with Crippen molar-refractivity contribution in [3.63, 3.8) is 0 Å². The molecule has 16 heavy (non-hydrogen) atoms. The third kappa shape index (κ3) is 2.14. The van der Waals surface area contributed by atoms with Gasteiger partial charge >= 0.3 is 0 Å². The molecule has 0 aliphatic heterocycles. The van der Waals surface area contributed by atoms with Crippen molar-refractivity contribution in [2.24, 2.45) is 7.05 Å². The molecule has 0 fully saturated rings. The first-order valence-corrected chi connectivity index (χ1v) is 5.47. The molecule has 1 N–H and O–H groups in total. The fourth-order valence-corrected chi connectivity index (χ4v) is 1.72. The summed E-state index contributed by atoms with van der Waals surface area (Å²) in [5, 5.41) is 7.43. The van der Waals surface area contributed by atoms with E-state index in [4.69, 9.17) is 0 Å². The van der Waals surface area contributed by atoms with Gasteiger partial charge in [0.15, 0.2) is 0 Å². The van der Waals surface area contributed by atoms with E-state index >= 15 is 0 Å². The Kier molecular flexibility index (Phi) is 3.06. The fourth-order valence-electron chi connectivity index (χ4n) is 1.72. The van der Waals surface area contributed by atoms with Crippen molar-refractivity contribution in [2.75, 3.05) is 7.05 Å². The lowest BCUT2D eigenvalue weighted by molar-refractivity contribution is 0.652. The zero-order chi connectivity index (χ0) is 11.5. The molecule has 0 saturated heterocycles. The average molecular weight is 215 g/mol. The van der Waals surface area contributed by atoms with Crippen LogP contribution in [0.5, 0.6) is 0 Å². The summed E-state index contributed by atoms with van der Waals surface area (Å²) in [7, 11) is 3.91. The summed E-state index contributed by atoms with van der Waals surface area (Å²) in [6, 6.07) is 8.92. The van der Waals surface area contributed by atoms with Crippen molar-refractivity contribution in [3.8, 4) is 11.1 Å². The Labute approximate surface area is 96.1 Å². The highest BCUT2D eigenvalue weighted by atomic mass is 15.2. The van der Waals surface area contributed by atoms with Crippen LogP contribution in [0.1, 0.15) is 18.5 Å². The highest BCUT2D eigenvalue weighted by molar-refractivity contribution is 5.62. The molecule has 1 aromatic heterocycles. The number of rotatable bonds is 3. The third-order valence-corrected chi connectivity index (χ3v) is 2.86. The number of nitrogens with zero attached hydrogens (tertiary/aromatic N) is 2. The summed E-state index contributed by atoms with van der Waals surface area (Å²) in [5.41, 5.74) is 3.67. The molecule has 0 bridgehead atoms. The summed E-state index contributed by atoms with van der Waals surface area (Å²) in [6.45, 7) is 2.16. The van der Waals surface area contributed by atoms with Gasteiger partial charge in [-0.3, -0.25) is 4.68 Å². The van der Waals surface area contributed by atoms with Gasteiger partial charge in [0.1, 0.15) is 0 Å². The lowest BCUT2D eigenvalue weighted by Crippen LogP contribution is -2.11. The Bertz CT molecular complexity index is 474. The summed E-state index contributed by atoms with van der Waals surface area (Å²) in [4.78, 5) is 0. The minimum atomic E-state index is 0.372. The summed E-state index contributed by atoms with van der Waals surface area (Å²) < 4.78 is 1.82. The predicted octanol–water partition coefficient (Wildman–Crippen LogP) is 2.37. The molecule has 1 aromatic carbocycles. The van der Waals surface area contributed by atoms with E-state index in [9.17, 15) is 0 Å². The van der Waals surface area contributed by atoms with E-state index in [0.29, 0.717) is 6.04 Å². The molecule has 0 aliphatic carbocycles. The maximum absolute atomic E-state index is 4.19. The first-order chi connectivity index (χ1) is 7.70. The van der Waals surface area contributed by atoms with Crippen LogP contribution in [0.4, 0.5) is 0 Å². The van der Waals surface area contributed by atoms with Crippen LogP contribution in [0.3, 0.4) is 0 Å². The SMILES string of the molecule is CNC(C)c1cccc(-c2cnn(C)c2)c1. The molecule has 0 radical (unpaired) electrons. The van der Waals surface area contributed by atoms with Gasteiger partial charge in [0, 0.05) is 24.8 Å². The van der Waals surface area contributed by atoms with E-state index in [1.165, 1.54) is 11.1 Å². The third-order valence-electron chi connectivity index (χ3n) is 2.86. The summed E-state index contributed by atoms with van der Waals surface area (Å²) >= 11 is 0. The number of aryl methyl sites for hydroxylation is 1. The zero-order valence-electron chi connectivity index (χ0n) is 9.94. The normalized spacial score (nSPS) is 12.7. The van der Waals surface area contributed by atoms with Crippen molar-refractivity contribution < 1.29 is 0 Å². The van der Waals surface area contributed by atoms with Crippen LogP contribution in [0.15, 0.2) is 36.7 Å². The Morgan fingerprint density at radius 1 is 1.31 bits per heavy atom. The van der Waals surface area contributed by atoms with Crippen LogP contribution < -0.4 is 5.32 Å². The lowest BCUT2D eigenvalue weighted by atomic mass is 10.0. The quantitative estimate of drug-likeness (QED) is 0.851. The van der Waals surface area contributed by atoms with Crippen LogP contribution >= 0.6 is 0 Å². The van der Waals surface area contributed by atoms with Crippen molar-refractivity contribution in [1.29, 1.82) is 0 Å². The van der Waals surface area contributed by atoms with Crippen molar-refractivity contribution in [3.05, 3.63) is 42.2 Å². The smallest absolute Gasteiger partial charge is 0.0568 e. The second-order valence-corrected chi connectivity index (χ2v) is 4.04. The number of hydrogen-bond acceptors (Lipinski definition) is 2. The van der Waals surface area contributed by atoms with Gasteiger partial charge in [-0.05, 0) is 31.2 Å². The van der Waals surface area contributed by atoms with Gasteiger partial charge in [-0.2, -0.15) is 5.10 Å². The molecule has 0 aliphatic rings. The molecule has 0 spiro atoms. The molecule has 3 heteroatoms. The van der Waals surface area contributed by atoms with E-state index in [1.807, 2.05) is 31.2 Å². The number of hydrogen-bond donors (Lipinski definition) is 1. The molecular formula is C13H17N3. The van der Waals surface area contributed by atoms with E-state index in [0.717, 1.165) is 5.56 Å². The maximum atomic E-state index is 4.19. The van der Waals surface area contributed by atoms with E-state index in [-0.39, 0.29) is 0 Å². The molecule has 1 unspecified atom stereocenters. The molecule has 3 nitrogen and oxygen atoms in total. The highest BCUT2D eigenvalue weighted by Crippen LogP contribution is 2.22. The summed E-state index contributed by atoms with van der Waals surface area (Å²) in [5.74, 6) is 0. The van der Waals surface area contributed by atoms with Gasteiger partial charge in [-0.25, -0.2) is 0 Å². The first-order valence-electron chi connectivity index (χ1n) is 5.47. The predicted molar refractivity (Wildman–Crippen MR) is 66.1 cm³/mol. The van der Waals surface area contributed by atoms with Gasteiger partial charge in [-0.15, -0.1) is 0 Å². The van der Waals surface area contributed by atoms with Crippen LogP contribution in [0.2, 0.25) is 0 Å². The van der Waals surface area contributed by atoms with Crippen LogP contribution in [-0.4, -0.2) is 16.8 Å². The molecule has 0 saturated carbocycles. The topological polar surface area (TPSA) is 29.9 Å². The van der Waals surface area contributed by atoms with E-state index in [1.54, 1.807) is 0 Å². The second kappa shape index (κ2) is 4.49. The van der Waals surface area contributed by atoms with Gasteiger partial charge in [0.05, 0.1) is 6.20 Å². The van der Waals surface area contributed by atoms with Gasteiger partial charge in [-0.1, -0.05) is 18.2 Å². The molecular weight excluding hydrogens is 198 g/mol. The standard InChI is InChI=1S/C13H17N3/c1-10(14-2)11-5-4-6-12(7-11)13-8-15-16(3)9-13/h4-10,14H,1-3H3. The van der Waals surface area contributed by atoms with Crippen molar-refractivity contribution in [2.45, 2.75) is 13.0 Å². The van der Waals surface area contributed by atoms with Gasteiger partial charge in [0.2, 0.25) is 0 Å². The average Bonchev–Trinajstić information content (AvgIpc) is 2.75. The second-order valence-electron chi connectivity index (χ2n) is 4.04. The summed E-state index contributed by atoms with van der Waals surface area (Å²) in [6.07, 6.45) is 3.92. The van der Waals surface area contributed by atoms with E-state index in [2.05, 4.69) is 41.6 Å². The Hall–Kier alpha value is -1.61. The Morgan fingerprint density at radius 3 is 2.75 bits per heavy atom. The fraction of sp³-hybridized carbons (Fsp3) is 0.308.